The first kappa shape index (κ1) is 18.4. The minimum atomic E-state index is -0.355. The molecular formula is C20H31N3O2. The standard InChI is InChI=1S/C20H31N3O2/c1-17(9-12-22-10-5-6-11-22)21-20(24)19-16-23(13-14-25-19)15-18-7-3-2-4-8-18/h2-4,7-8,17,19H,5-6,9-16H2,1H3,(H,21,24)/t17-,19+/m0/s1. The van der Waals surface area contributed by atoms with E-state index in [4.69, 9.17) is 4.74 Å². The third-order valence-electron chi connectivity index (χ3n) is 5.16. The molecule has 1 aromatic rings. The fourth-order valence-corrected chi connectivity index (χ4v) is 3.64. The first-order valence-electron chi connectivity index (χ1n) is 9.61. The van der Waals surface area contributed by atoms with Crippen molar-refractivity contribution in [2.45, 2.75) is 44.9 Å². The predicted molar refractivity (Wildman–Crippen MR) is 99.4 cm³/mol. The normalized spacial score (nSPS) is 23.5. The molecule has 2 saturated heterocycles. The van der Waals surface area contributed by atoms with E-state index in [1.165, 1.54) is 31.5 Å². The average Bonchev–Trinajstić information content (AvgIpc) is 3.15. The fourth-order valence-electron chi connectivity index (χ4n) is 3.64. The Morgan fingerprint density at radius 2 is 1.96 bits per heavy atom. The summed E-state index contributed by atoms with van der Waals surface area (Å²) < 4.78 is 5.72. The van der Waals surface area contributed by atoms with E-state index in [0.717, 1.165) is 26.1 Å². The summed E-state index contributed by atoms with van der Waals surface area (Å²) in [7, 11) is 0. The maximum atomic E-state index is 12.5. The number of benzene rings is 1. The number of hydrogen-bond donors (Lipinski definition) is 1. The number of carbonyl (C=O) groups is 1. The van der Waals surface area contributed by atoms with Crippen LogP contribution < -0.4 is 5.32 Å². The van der Waals surface area contributed by atoms with E-state index in [1.54, 1.807) is 0 Å². The molecule has 2 fully saturated rings. The van der Waals surface area contributed by atoms with Crippen LogP contribution in [0.1, 0.15) is 31.7 Å². The van der Waals surface area contributed by atoms with Crippen LogP contribution in [0.15, 0.2) is 30.3 Å². The molecule has 2 atom stereocenters. The second-order valence-electron chi connectivity index (χ2n) is 7.33. The lowest BCUT2D eigenvalue weighted by atomic mass is 10.1. The molecule has 2 heterocycles. The molecule has 0 unspecified atom stereocenters. The molecule has 0 bridgehead atoms. The number of likely N-dealkylation sites (tertiary alicyclic amines) is 1. The SMILES string of the molecule is C[C@@H](CCN1CCCC1)NC(=O)[C@H]1CN(Cc2ccccc2)CCO1. The van der Waals surface area contributed by atoms with E-state index in [-0.39, 0.29) is 18.1 Å². The van der Waals surface area contributed by atoms with Crippen molar-refractivity contribution in [1.82, 2.24) is 15.1 Å². The van der Waals surface area contributed by atoms with E-state index >= 15 is 0 Å². The Bertz CT molecular complexity index is 531. The lowest BCUT2D eigenvalue weighted by Gasteiger charge is -2.32. The first-order chi connectivity index (χ1) is 12.2. The summed E-state index contributed by atoms with van der Waals surface area (Å²) >= 11 is 0. The Balaban J connectivity index is 1.41. The molecule has 0 saturated carbocycles. The Kier molecular flexibility index (Phi) is 6.84. The number of nitrogens with zero attached hydrogens (tertiary/aromatic N) is 2. The molecule has 2 aliphatic rings. The van der Waals surface area contributed by atoms with E-state index in [1.807, 2.05) is 6.07 Å². The molecule has 25 heavy (non-hydrogen) atoms. The summed E-state index contributed by atoms with van der Waals surface area (Å²) in [5.41, 5.74) is 1.28. The highest BCUT2D eigenvalue weighted by atomic mass is 16.5. The van der Waals surface area contributed by atoms with Gasteiger partial charge in [-0.1, -0.05) is 30.3 Å². The van der Waals surface area contributed by atoms with Crippen molar-refractivity contribution in [2.24, 2.45) is 0 Å². The van der Waals surface area contributed by atoms with Crippen molar-refractivity contribution in [3.63, 3.8) is 0 Å². The maximum Gasteiger partial charge on any atom is 0.250 e. The number of morpholine rings is 1. The van der Waals surface area contributed by atoms with Crippen molar-refractivity contribution in [1.29, 1.82) is 0 Å². The molecule has 1 aromatic carbocycles. The lowest BCUT2D eigenvalue weighted by Crippen LogP contribution is -2.51. The summed E-state index contributed by atoms with van der Waals surface area (Å²) in [5, 5.41) is 3.14. The van der Waals surface area contributed by atoms with Crippen molar-refractivity contribution in [3.8, 4) is 0 Å². The predicted octanol–water partition coefficient (Wildman–Crippen LogP) is 1.88. The van der Waals surface area contributed by atoms with Gasteiger partial charge in [-0.25, -0.2) is 0 Å². The Hall–Kier alpha value is -1.43. The molecule has 1 N–H and O–H groups in total. The molecule has 3 rings (SSSR count). The molecule has 0 aliphatic carbocycles. The number of amides is 1. The molecule has 0 aromatic heterocycles. The Morgan fingerprint density at radius 1 is 1.20 bits per heavy atom. The van der Waals surface area contributed by atoms with Crippen LogP contribution in [0.3, 0.4) is 0 Å². The van der Waals surface area contributed by atoms with Gasteiger partial charge in [-0.15, -0.1) is 0 Å². The molecule has 138 valence electrons. The van der Waals surface area contributed by atoms with Crippen molar-refractivity contribution in [3.05, 3.63) is 35.9 Å². The van der Waals surface area contributed by atoms with Crippen LogP contribution in [0.5, 0.6) is 0 Å². The molecule has 2 aliphatic heterocycles. The maximum absolute atomic E-state index is 12.5. The summed E-state index contributed by atoms with van der Waals surface area (Å²) in [6, 6.07) is 10.6. The van der Waals surface area contributed by atoms with Crippen LogP contribution in [0.2, 0.25) is 0 Å². The minimum absolute atomic E-state index is 0.0340. The van der Waals surface area contributed by atoms with Crippen molar-refractivity contribution >= 4 is 5.91 Å². The van der Waals surface area contributed by atoms with Gasteiger partial charge in [0.05, 0.1) is 6.61 Å². The molecular weight excluding hydrogens is 314 g/mol. The van der Waals surface area contributed by atoms with E-state index in [9.17, 15) is 4.79 Å². The van der Waals surface area contributed by atoms with Crippen molar-refractivity contribution in [2.75, 3.05) is 39.3 Å². The summed E-state index contributed by atoms with van der Waals surface area (Å²) in [6.45, 7) is 8.63. The van der Waals surface area contributed by atoms with Crippen molar-refractivity contribution < 1.29 is 9.53 Å². The highest BCUT2D eigenvalue weighted by Gasteiger charge is 2.27. The zero-order valence-corrected chi connectivity index (χ0v) is 15.3. The van der Waals surface area contributed by atoms with Gasteiger partial charge in [0.2, 0.25) is 0 Å². The fraction of sp³-hybridized carbons (Fsp3) is 0.650. The topological polar surface area (TPSA) is 44.8 Å². The van der Waals surface area contributed by atoms with Crippen LogP contribution in [0, 0.1) is 0 Å². The number of hydrogen-bond acceptors (Lipinski definition) is 4. The summed E-state index contributed by atoms with van der Waals surface area (Å²) in [5.74, 6) is 0.0340. The number of rotatable bonds is 7. The van der Waals surface area contributed by atoms with Gasteiger partial charge in [0.1, 0.15) is 6.10 Å². The quantitative estimate of drug-likeness (QED) is 0.820. The van der Waals surface area contributed by atoms with Crippen LogP contribution in [-0.4, -0.2) is 67.2 Å². The first-order valence-corrected chi connectivity index (χ1v) is 9.61. The number of carbonyl (C=O) groups excluding carboxylic acids is 1. The van der Waals surface area contributed by atoms with Gasteiger partial charge in [-0.2, -0.15) is 0 Å². The zero-order valence-electron chi connectivity index (χ0n) is 15.3. The third-order valence-corrected chi connectivity index (χ3v) is 5.16. The minimum Gasteiger partial charge on any atom is -0.366 e. The van der Waals surface area contributed by atoms with Crippen LogP contribution in [0.25, 0.3) is 0 Å². The highest BCUT2D eigenvalue weighted by Crippen LogP contribution is 2.12. The van der Waals surface area contributed by atoms with Gasteiger partial charge in [-0.3, -0.25) is 9.69 Å². The van der Waals surface area contributed by atoms with Gasteiger partial charge in [0, 0.05) is 32.2 Å². The number of ether oxygens (including phenoxy) is 1. The van der Waals surface area contributed by atoms with E-state index in [2.05, 4.69) is 46.3 Å². The van der Waals surface area contributed by atoms with Crippen LogP contribution >= 0.6 is 0 Å². The Labute approximate surface area is 151 Å². The van der Waals surface area contributed by atoms with Crippen LogP contribution in [-0.2, 0) is 16.1 Å². The monoisotopic (exact) mass is 345 g/mol. The second kappa shape index (κ2) is 9.32. The lowest BCUT2D eigenvalue weighted by molar-refractivity contribution is -0.139. The van der Waals surface area contributed by atoms with Crippen LogP contribution in [0.4, 0.5) is 0 Å². The van der Waals surface area contributed by atoms with Gasteiger partial charge in [-0.05, 0) is 44.8 Å². The largest absolute Gasteiger partial charge is 0.366 e. The van der Waals surface area contributed by atoms with Gasteiger partial charge in [0.25, 0.3) is 5.91 Å². The molecule has 5 nitrogen and oxygen atoms in total. The average molecular weight is 345 g/mol. The van der Waals surface area contributed by atoms with E-state index < -0.39 is 0 Å². The van der Waals surface area contributed by atoms with E-state index in [0.29, 0.717) is 13.2 Å². The highest BCUT2D eigenvalue weighted by molar-refractivity contribution is 5.81. The van der Waals surface area contributed by atoms with Gasteiger partial charge < -0.3 is 15.0 Å². The Morgan fingerprint density at radius 3 is 2.72 bits per heavy atom. The zero-order chi connectivity index (χ0) is 17.5. The summed E-state index contributed by atoms with van der Waals surface area (Å²) in [6.07, 6.45) is 3.28. The summed E-state index contributed by atoms with van der Waals surface area (Å²) in [4.78, 5) is 17.3. The third kappa shape index (κ3) is 5.80. The molecule has 0 radical (unpaired) electrons. The van der Waals surface area contributed by atoms with Gasteiger partial charge >= 0.3 is 0 Å². The molecule has 0 spiro atoms. The second-order valence-corrected chi connectivity index (χ2v) is 7.33. The molecule has 5 heteroatoms. The number of nitrogens with one attached hydrogen (secondary N) is 1. The smallest absolute Gasteiger partial charge is 0.250 e. The molecule has 1 amide bonds. The van der Waals surface area contributed by atoms with Gasteiger partial charge in [0.15, 0.2) is 0 Å².